The number of hydrogen-bond donors (Lipinski definition) is 2. The van der Waals surface area contributed by atoms with Gasteiger partial charge in [0.1, 0.15) is 0 Å². The van der Waals surface area contributed by atoms with E-state index in [0.717, 1.165) is 29.3 Å². The molecule has 3 nitrogen and oxygen atoms in total. The Labute approximate surface area is 109 Å². The largest absolute Gasteiger partial charge is 0.394 e. The molecule has 1 aliphatic carbocycles. The van der Waals surface area contributed by atoms with Crippen LogP contribution in [0.2, 0.25) is 0 Å². The third-order valence-electron chi connectivity index (χ3n) is 3.36. The van der Waals surface area contributed by atoms with E-state index in [1.54, 1.807) is 0 Å². The molecule has 0 spiro atoms. The van der Waals surface area contributed by atoms with Gasteiger partial charge in [-0.3, -0.25) is 4.79 Å². The van der Waals surface area contributed by atoms with Crippen LogP contribution in [0.5, 0.6) is 0 Å². The third kappa shape index (κ3) is 2.53. The van der Waals surface area contributed by atoms with Gasteiger partial charge < -0.3 is 10.4 Å². The van der Waals surface area contributed by atoms with Crippen molar-refractivity contribution in [3.63, 3.8) is 0 Å². The van der Waals surface area contributed by atoms with E-state index in [0.29, 0.717) is 5.56 Å². The van der Waals surface area contributed by atoms with Crippen molar-refractivity contribution < 1.29 is 9.90 Å². The van der Waals surface area contributed by atoms with Gasteiger partial charge in [-0.25, -0.2) is 0 Å². The Hall–Kier alpha value is -0.870. The van der Waals surface area contributed by atoms with E-state index in [1.165, 1.54) is 0 Å². The zero-order valence-corrected chi connectivity index (χ0v) is 11.4. The number of aliphatic hydroxyl groups excluding tert-OH is 1. The summed E-state index contributed by atoms with van der Waals surface area (Å²) < 4.78 is 0.785. The zero-order chi connectivity index (χ0) is 12.5. The number of benzene rings is 1. The summed E-state index contributed by atoms with van der Waals surface area (Å²) in [6, 6.07) is 5.67. The predicted molar refractivity (Wildman–Crippen MR) is 70.0 cm³/mol. The molecule has 92 valence electrons. The molecule has 0 saturated heterocycles. The second-order valence-corrected chi connectivity index (χ2v) is 5.58. The number of nitrogens with one attached hydrogen (secondary N) is 1. The van der Waals surface area contributed by atoms with E-state index >= 15 is 0 Å². The molecule has 1 aromatic rings. The number of amides is 1. The van der Waals surface area contributed by atoms with Gasteiger partial charge in [0, 0.05) is 4.47 Å². The Bertz CT molecular complexity index is 436. The van der Waals surface area contributed by atoms with Crippen LogP contribution in [0.4, 0.5) is 0 Å². The minimum Gasteiger partial charge on any atom is -0.394 e. The summed E-state index contributed by atoms with van der Waals surface area (Å²) in [6.45, 7) is 1.97. The van der Waals surface area contributed by atoms with Crippen molar-refractivity contribution in [3.05, 3.63) is 33.8 Å². The van der Waals surface area contributed by atoms with E-state index in [1.807, 2.05) is 25.1 Å². The normalized spacial score (nSPS) is 17.4. The summed E-state index contributed by atoms with van der Waals surface area (Å²) in [7, 11) is 0. The zero-order valence-electron chi connectivity index (χ0n) is 9.79. The molecule has 0 radical (unpaired) electrons. The number of halogens is 1. The lowest BCUT2D eigenvalue weighted by molar-refractivity contribution is 0.0641. The van der Waals surface area contributed by atoms with Crippen molar-refractivity contribution in [1.82, 2.24) is 5.32 Å². The highest BCUT2D eigenvalue weighted by Crippen LogP contribution is 2.32. The van der Waals surface area contributed by atoms with E-state index in [-0.39, 0.29) is 18.1 Å². The maximum absolute atomic E-state index is 12.1. The first-order chi connectivity index (χ1) is 8.06. The Morgan fingerprint density at radius 1 is 1.53 bits per heavy atom. The molecule has 1 amide bonds. The summed E-state index contributed by atoms with van der Waals surface area (Å²) in [5.74, 6) is -0.116. The van der Waals surface area contributed by atoms with Gasteiger partial charge in [-0.1, -0.05) is 11.6 Å². The van der Waals surface area contributed by atoms with Crippen LogP contribution in [-0.2, 0) is 0 Å². The molecular weight excluding hydrogens is 282 g/mol. The van der Waals surface area contributed by atoms with E-state index in [9.17, 15) is 9.90 Å². The molecule has 1 aromatic carbocycles. The first-order valence-electron chi connectivity index (χ1n) is 5.76. The number of aryl methyl sites for hydroxylation is 1. The van der Waals surface area contributed by atoms with Gasteiger partial charge in [0.15, 0.2) is 0 Å². The third-order valence-corrected chi connectivity index (χ3v) is 4.05. The molecule has 1 aliphatic rings. The molecule has 1 fully saturated rings. The Morgan fingerprint density at radius 2 is 2.24 bits per heavy atom. The van der Waals surface area contributed by atoms with Gasteiger partial charge in [0.2, 0.25) is 0 Å². The molecule has 4 heteroatoms. The number of hydrogen-bond acceptors (Lipinski definition) is 2. The standard InChI is InChI=1S/C13H16BrNO2/c1-9-3-4-11(14)10(7-9)12(17)15-13(8-16)5-2-6-13/h3-4,7,16H,2,5-6,8H2,1H3,(H,15,17). The Morgan fingerprint density at radius 3 is 2.76 bits per heavy atom. The molecule has 17 heavy (non-hydrogen) atoms. The van der Waals surface area contributed by atoms with Crippen LogP contribution >= 0.6 is 15.9 Å². The molecule has 1 saturated carbocycles. The number of carbonyl (C=O) groups is 1. The van der Waals surface area contributed by atoms with Gasteiger partial charge >= 0.3 is 0 Å². The Balaban J connectivity index is 2.17. The molecule has 0 unspecified atom stereocenters. The lowest BCUT2D eigenvalue weighted by Gasteiger charge is -2.41. The number of rotatable bonds is 3. The quantitative estimate of drug-likeness (QED) is 0.900. The van der Waals surface area contributed by atoms with Crippen LogP contribution in [0.25, 0.3) is 0 Å². The molecule has 2 N–H and O–H groups in total. The van der Waals surface area contributed by atoms with Crippen molar-refractivity contribution in [2.24, 2.45) is 0 Å². The molecule has 0 atom stereocenters. The van der Waals surface area contributed by atoms with Crippen LogP contribution in [0.15, 0.2) is 22.7 Å². The van der Waals surface area contributed by atoms with Crippen molar-refractivity contribution in [2.45, 2.75) is 31.7 Å². The topological polar surface area (TPSA) is 49.3 Å². The molecule has 0 aromatic heterocycles. The first kappa shape index (κ1) is 12.6. The van der Waals surface area contributed by atoms with Crippen LogP contribution in [0.1, 0.15) is 35.2 Å². The minimum atomic E-state index is -0.389. The van der Waals surface area contributed by atoms with Crippen molar-refractivity contribution in [2.75, 3.05) is 6.61 Å². The summed E-state index contributed by atoms with van der Waals surface area (Å²) >= 11 is 3.38. The van der Waals surface area contributed by atoms with Gasteiger partial charge in [-0.15, -0.1) is 0 Å². The van der Waals surface area contributed by atoms with E-state index in [4.69, 9.17) is 0 Å². The second-order valence-electron chi connectivity index (χ2n) is 4.73. The Kier molecular flexibility index (Phi) is 3.54. The fourth-order valence-electron chi connectivity index (χ4n) is 2.05. The highest BCUT2D eigenvalue weighted by atomic mass is 79.9. The lowest BCUT2D eigenvalue weighted by Crippen LogP contribution is -2.56. The van der Waals surface area contributed by atoms with Crippen LogP contribution in [0, 0.1) is 6.92 Å². The number of carbonyl (C=O) groups excluding carboxylic acids is 1. The van der Waals surface area contributed by atoms with Gasteiger partial charge in [0.25, 0.3) is 5.91 Å². The van der Waals surface area contributed by atoms with Crippen LogP contribution in [-0.4, -0.2) is 23.2 Å². The summed E-state index contributed by atoms with van der Waals surface area (Å²) in [6.07, 6.45) is 2.78. The van der Waals surface area contributed by atoms with E-state index in [2.05, 4.69) is 21.2 Å². The minimum absolute atomic E-state index is 0.0160. The van der Waals surface area contributed by atoms with Crippen molar-refractivity contribution >= 4 is 21.8 Å². The highest BCUT2D eigenvalue weighted by molar-refractivity contribution is 9.10. The first-order valence-corrected chi connectivity index (χ1v) is 6.55. The van der Waals surface area contributed by atoms with Crippen LogP contribution < -0.4 is 5.32 Å². The lowest BCUT2D eigenvalue weighted by atomic mass is 9.77. The van der Waals surface area contributed by atoms with Crippen LogP contribution in [0.3, 0.4) is 0 Å². The maximum atomic E-state index is 12.1. The predicted octanol–water partition coefficient (Wildman–Crippen LogP) is 2.40. The van der Waals surface area contributed by atoms with Gasteiger partial charge in [-0.05, 0) is 54.2 Å². The average molecular weight is 298 g/mol. The molecule has 2 rings (SSSR count). The maximum Gasteiger partial charge on any atom is 0.252 e. The fourth-order valence-corrected chi connectivity index (χ4v) is 2.47. The van der Waals surface area contributed by atoms with E-state index < -0.39 is 0 Å². The SMILES string of the molecule is Cc1ccc(Br)c(C(=O)NC2(CO)CCC2)c1. The smallest absolute Gasteiger partial charge is 0.252 e. The molecular formula is C13H16BrNO2. The summed E-state index contributed by atoms with van der Waals surface area (Å²) in [4.78, 5) is 12.1. The number of aliphatic hydroxyl groups is 1. The monoisotopic (exact) mass is 297 g/mol. The molecule has 0 bridgehead atoms. The second kappa shape index (κ2) is 4.78. The van der Waals surface area contributed by atoms with Crippen molar-refractivity contribution in [1.29, 1.82) is 0 Å². The van der Waals surface area contributed by atoms with Gasteiger partial charge in [-0.2, -0.15) is 0 Å². The van der Waals surface area contributed by atoms with Crippen molar-refractivity contribution in [3.8, 4) is 0 Å². The molecule has 0 heterocycles. The summed E-state index contributed by atoms with van der Waals surface area (Å²) in [5, 5.41) is 12.3. The molecule has 0 aliphatic heterocycles. The highest BCUT2D eigenvalue weighted by Gasteiger charge is 2.38. The fraction of sp³-hybridized carbons (Fsp3) is 0.462. The summed E-state index contributed by atoms with van der Waals surface area (Å²) in [5.41, 5.74) is 1.29. The van der Waals surface area contributed by atoms with Gasteiger partial charge in [0.05, 0.1) is 17.7 Å². The average Bonchev–Trinajstić information content (AvgIpc) is 2.26.